The van der Waals surface area contributed by atoms with Gasteiger partial charge in [0, 0.05) is 11.6 Å². The molecule has 0 radical (unpaired) electrons. The third-order valence-electron chi connectivity index (χ3n) is 3.30. The molecule has 1 N–H and O–H groups in total. The Morgan fingerprint density at radius 2 is 1.68 bits per heavy atom. The third kappa shape index (κ3) is 4.38. The smallest absolute Gasteiger partial charge is 0.0465 e. The zero-order valence-corrected chi connectivity index (χ0v) is 11.9. The largest absolute Gasteiger partial charge is 0.396 e. The standard InChI is InChI=1S/C17H19ClO/c1-13-3-2-4-15(9-13)11-16(12-19)10-14-5-7-17(18)8-6-14/h2-9,16,19H,10-12H2,1H3. The summed E-state index contributed by atoms with van der Waals surface area (Å²) in [4.78, 5) is 0. The van der Waals surface area contributed by atoms with Crippen LogP contribution in [-0.2, 0) is 12.8 Å². The lowest BCUT2D eigenvalue weighted by Gasteiger charge is -2.14. The first-order chi connectivity index (χ1) is 9.17. The van der Waals surface area contributed by atoms with E-state index in [-0.39, 0.29) is 12.5 Å². The Morgan fingerprint density at radius 3 is 2.32 bits per heavy atom. The van der Waals surface area contributed by atoms with E-state index in [0.29, 0.717) is 0 Å². The van der Waals surface area contributed by atoms with Crippen LogP contribution < -0.4 is 0 Å². The molecule has 2 heteroatoms. The predicted molar refractivity (Wildman–Crippen MR) is 80.6 cm³/mol. The molecule has 0 fully saturated rings. The van der Waals surface area contributed by atoms with E-state index in [4.69, 9.17) is 11.6 Å². The van der Waals surface area contributed by atoms with Crippen LogP contribution in [-0.4, -0.2) is 11.7 Å². The minimum Gasteiger partial charge on any atom is -0.396 e. The summed E-state index contributed by atoms with van der Waals surface area (Å²) in [5.41, 5.74) is 3.77. The van der Waals surface area contributed by atoms with E-state index in [1.54, 1.807) is 0 Å². The SMILES string of the molecule is Cc1cccc(CC(CO)Cc2ccc(Cl)cc2)c1. The van der Waals surface area contributed by atoms with Gasteiger partial charge in [0.2, 0.25) is 0 Å². The summed E-state index contributed by atoms with van der Waals surface area (Å²) >= 11 is 5.88. The Morgan fingerprint density at radius 1 is 1.00 bits per heavy atom. The summed E-state index contributed by atoms with van der Waals surface area (Å²) in [5, 5.41) is 10.3. The van der Waals surface area contributed by atoms with Gasteiger partial charge in [-0.25, -0.2) is 0 Å². The molecule has 19 heavy (non-hydrogen) atoms. The van der Waals surface area contributed by atoms with Crippen molar-refractivity contribution in [2.24, 2.45) is 5.92 Å². The highest BCUT2D eigenvalue weighted by atomic mass is 35.5. The van der Waals surface area contributed by atoms with Gasteiger partial charge in [-0.1, -0.05) is 53.6 Å². The van der Waals surface area contributed by atoms with Crippen molar-refractivity contribution in [1.82, 2.24) is 0 Å². The fourth-order valence-electron chi connectivity index (χ4n) is 2.33. The average molecular weight is 275 g/mol. The first kappa shape index (κ1) is 14.1. The monoisotopic (exact) mass is 274 g/mol. The number of halogens is 1. The Balaban J connectivity index is 2.02. The molecular formula is C17H19ClO. The number of hydrogen-bond acceptors (Lipinski definition) is 1. The molecule has 0 saturated carbocycles. The minimum atomic E-state index is 0.205. The molecule has 100 valence electrons. The van der Waals surface area contributed by atoms with Gasteiger partial charge in [-0.2, -0.15) is 0 Å². The van der Waals surface area contributed by atoms with Crippen LogP contribution in [0.3, 0.4) is 0 Å². The van der Waals surface area contributed by atoms with Gasteiger partial charge in [0.05, 0.1) is 0 Å². The maximum Gasteiger partial charge on any atom is 0.0465 e. The quantitative estimate of drug-likeness (QED) is 0.872. The van der Waals surface area contributed by atoms with Gasteiger partial charge >= 0.3 is 0 Å². The van der Waals surface area contributed by atoms with Crippen LogP contribution in [0, 0.1) is 12.8 Å². The van der Waals surface area contributed by atoms with Gasteiger partial charge in [0.15, 0.2) is 0 Å². The van der Waals surface area contributed by atoms with Crippen molar-refractivity contribution in [2.45, 2.75) is 19.8 Å². The maximum absolute atomic E-state index is 9.55. The second-order valence-corrected chi connectivity index (χ2v) is 5.51. The molecule has 2 aromatic carbocycles. The van der Waals surface area contributed by atoms with E-state index < -0.39 is 0 Å². The van der Waals surface area contributed by atoms with E-state index in [1.807, 2.05) is 24.3 Å². The van der Waals surface area contributed by atoms with Crippen LogP contribution in [0.15, 0.2) is 48.5 Å². The Labute approximate surface area is 119 Å². The van der Waals surface area contributed by atoms with Crippen molar-refractivity contribution in [3.05, 3.63) is 70.2 Å². The molecule has 0 amide bonds. The second kappa shape index (κ2) is 6.74. The topological polar surface area (TPSA) is 20.2 Å². The molecule has 1 atom stereocenters. The van der Waals surface area contributed by atoms with Crippen LogP contribution in [0.2, 0.25) is 5.02 Å². The molecule has 0 heterocycles. The summed E-state index contributed by atoms with van der Waals surface area (Å²) in [5.74, 6) is 0.253. The molecule has 0 aliphatic heterocycles. The lowest BCUT2D eigenvalue weighted by Crippen LogP contribution is -2.13. The van der Waals surface area contributed by atoms with Gasteiger partial charge in [-0.3, -0.25) is 0 Å². The minimum absolute atomic E-state index is 0.205. The summed E-state index contributed by atoms with van der Waals surface area (Å²) in [6.45, 7) is 2.30. The van der Waals surface area contributed by atoms with E-state index in [2.05, 4.69) is 31.2 Å². The van der Waals surface area contributed by atoms with Gasteiger partial charge in [0.25, 0.3) is 0 Å². The van der Waals surface area contributed by atoms with Crippen LogP contribution in [0.1, 0.15) is 16.7 Å². The molecule has 0 aromatic heterocycles. The fraction of sp³-hybridized carbons (Fsp3) is 0.294. The average Bonchev–Trinajstić information content (AvgIpc) is 2.40. The number of rotatable bonds is 5. The number of benzene rings is 2. The molecule has 0 aliphatic rings. The first-order valence-corrected chi connectivity index (χ1v) is 6.96. The number of aryl methyl sites for hydroxylation is 1. The summed E-state index contributed by atoms with van der Waals surface area (Å²) in [6.07, 6.45) is 1.78. The van der Waals surface area contributed by atoms with Gasteiger partial charge in [-0.15, -0.1) is 0 Å². The van der Waals surface area contributed by atoms with E-state index in [1.165, 1.54) is 16.7 Å². The number of aliphatic hydroxyl groups excluding tert-OH is 1. The first-order valence-electron chi connectivity index (χ1n) is 6.58. The van der Waals surface area contributed by atoms with Crippen LogP contribution in [0.25, 0.3) is 0 Å². The Kier molecular flexibility index (Phi) is 5.00. The summed E-state index contributed by atoms with van der Waals surface area (Å²) in [6, 6.07) is 16.3. The lowest BCUT2D eigenvalue weighted by atomic mass is 9.93. The van der Waals surface area contributed by atoms with Crippen molar-refractivity contribution in [1.29, 1.82) is 0 Å². The molecule has 1 nitrogen and oxygen atoms in total. The second-order valence-electron chi connectivity index (χ2n) is 5.07. The molecule has 0 bridgehead atoms. The molecule has 1 unspecified atom stereocenters. The molecule has 0 saturated heterocycles. The molecule has 2 aromatic rings. The summed E-state index contributed by atoms with van der Waals surface area (Å²) < 4.78 is 0. The van der Waals surface area contributed by atoms with Gasteiger partial charge < -0.3 is 5.11 Å². The molecule has 0 aliphatic carbocycles. The van der Waals surface area contributed by atoms with Crippen LogP contribution in [0.4, 0.5) is 0 Å². The number of aliphatic hydroxyl groups is 1. The molecule has 0 spiro atoms. The fourth-order valence-corrected chi connectivity index (χ4v) is 2.45. The highest BCUT2D eigenvalue weighted by Gasteiger charge is 2.10. The number of hydrogen-bond donors (Lipinski definition) is 1. The van der Waals surface area contributed by atoms with E-state index in [9.17, 15) is 5.11 Å². The highest BCUT2D eigenvalue weighted by molar-refractivity contribution is 6.30. The predicted octanol–water partition coefficient (Wildman–Crippen LogP) is 4.04. The van der Waals surface area contributed by atoms with Crippen molar-refractivity contribution in [3.8, 4) is 0 Å². The van der Waals surface area contributed by atoms with Crippen LogP contribution >= 0.6 is 11.6 Å². The highest BCUT2D eigenvalue weighted by Crippen LogP contribution is 2.17. The van der Waals surface area contributed by atoms with Crippen molar-refractivity contribution in [3.63, 3.8) is 0 Å². The Hall–Kier alpha value is -1.31. The Bertz CT molecular complexity index is 519. The van der Waals surface area contributed by atoms with Gasteiger partial charge in [0.1, 0.15) is 0 Å². The van der Waals surface area contributed by atoms with E-state index in [0.717, 1.165) is 17.9 Å². The third-order valence-corrected chi connectivity index (χ3v) is 3.55. The molecule has 2 rings (SSSR count). The van der Waals surface area contributed by atoms with Crippen LogP contribution in [0.5, 0.6) is 0 Å². The van der Waals surface area contributed by atoms with Gasteiger partial charge in [-0.05, 0) is 48.9 Å². The lowest BCUT2D eigenvalue weighted by molar-refractivity contribution is 0.225. The normalized spacial score (nSPS) is 12.4. The maximum atomic E-state index is 9.55. The van der Waals surface area contributed by atoms with Crippen molar-refractivity contribution >= 4 is 11.6 Å². The zero-order chi connectivity index (χ0) is 13.7. The zero-order valence-electron chi connectivity index (χ0n) is 11.1. The molecular weight excluding hydrogens is 256 g/mol. The van der Waals surface area contributed by atoms with Crippen molar-refractivity contribution in [2.75, 3.05) is 6.61 Å². The van der Waals surface area contributed by atoms with E-state index >= 15 is 0 Å². The van der Waals surface area contributed by atoms with Crippen molar-refractivity contribution < 1.29 is 5.11 Å². The summed E-state index contributed by atoms with van der Waals surface area (Å²) in [7, 11) is 0.